The van der Waals surface area contributed by atoms with Gasteiger partial charge < -0.3 is 10.5 Å². The normalized spacial score (nSPS) is 11.7. The highest BCUT2D eigenvalue weighted by atomic mass is 16.5. The van der Waals surface area contributed by atoms with Crippen LogP contribution in [0.2, 0.25) is 0 Å². The fraction of sp³-hybridized carbons (Fsp3) is 0.889. The molecule has 0 spiro atoms. The predicted molar refractivity (Wildman–Crippen MR) is 49.0 cm³/mol. The van der Waals surface area contributed by atoms with Crippen LogP contribution in [0, 0.1) is 5.41 Å². The lowest BCUT2D eigenvalue weighted by Gasteiger charge is -2.16. The largest absolute Gasteiger partial charge is 0.372 e. The standard InChI is InChI=1S/C9H19NO2/c1-9(2,3)6-8(11)7-12-5-4-10/h4-7,10H2,1-3H3. The van der Waals surface area contributed by atoms with Crippen LogP contribution in [0.15, 0.2) is 0 Å². The zero-order valence-corrected chi connectivity index (χ0v) is 8.22. The maximum Gasteiger partial charge on any atom is 0.158 e. The van der Waals surface area contributed by atoms with E-state index in [4.69, 9.17) is 10.5 Å². The molecule has 0 aromatic heterocycles. The number of ether oxygens (including phenoxy) is 1. The van der Waals surface area contributed by atoms with Gasteiger partial charge in [0.05, 0.1) is 6.61 Å². The van der Waals surface area contributed by atoms with E-state index in [1.165, 1.54) is 0 Å². The first-order chi connectivity index (χ1) is 5.45. The van der Waals surface area contributed by atoms with Gasteiger partial charge in [0.1, 0.15) is 6.61 Å². The van der Waals surface area contributed by atoms with E-state index < -0.39 is 0 Å². The number of carbonyl (C=O) groups excluding carboxylic acids is 1. The van der Waals surface area contributed by atoms with E-state index in [2.05, 4.69) is 0 Å². The summed E-state index contributed by atoms with van der Waals surface area (Å²) < 4.78 is 5.02. The number of hydrogen-bond acceptors (Lipinski definition) is 3. The summed E-state index contributed by atoms with van der Waals surface area (Å²) in [6.45, 7) is 7.25. The summed E-state index contributed by atoms with van der Waals surface area (Å²) >= 11 is 0. The molecule has 0 saturated heterocycles. The second-order valence-electron chi connectivity index (χ2n) is 4.12. The topological polar surface area (TPSA) is 52.3 Å². The number of hydrogen-bond donors (Lipinski definition) is 1. The van der Waals surface area contributed by atoms with E-state index >= 15 is 0 Å². The van der Waals surface area contributed by atoms with Crippen LogP contribution in [0.4, 0.5) is 0 Å². The van der Waals surface area contributed by atoms with Crippen LogP contribution in [0.1, 0.15) is 27.2 Å². The van der Waals surface area contributed by atoms with E-state index in [1.807, 2.05) is 20.8 Å². The summed E-state index contributed by atoms with van der Waals surface area (Å²) in [5.74, 6) is 0.149. The Morgan fingerprint density at radius 1 is 1.42 bits per heavy atom. The number of carbonyl (C=O) groups is 1. The molecule has 12 heavy (non-hydrogen) atoms. The predicted octanol–water partition coefficient (Wildman–Crippen LogP) is 0.967. The molecule has 0 fully saturated rings. The van der Waals surface area contributed by atoms with E-state index in [1.54, 1.807) is 0 Å². The Bertz CT molecular complexity index is 138. The molecule has 72 valence electrons. The number of nitrogens with two attached hydrogens (primary N) is 1. The molecule has 0 aromatic carbocycles. The molecule has 0 bridgehead atoms. The van der Waals surface area contributed by atoms with Crippen molar-refractivity contribution < 1.29 is 9.53 Å². The molecule has 0 heterocycles. The maximum absolute atomic E-state index is 11.2. The lowest BCUT2D eigenvalue weighted by atomic mass is 9.90. The monoisotopic (exact) mass is 173 g/mol. The van der Waals surface area contributed by atoms with E-state index in [-0.39, 0.29) is 17.8 Å². The highest BCUT2D eigenvalue weighted by molar-refractivity contribution is 5.80. The van der Waals surface area contributed by atoms with Crippen molar-refractivity contribution in [2.24, 2.45) is 11.1 Å². The molecule has 0 unspecified atom stereocenters. The average molecular weight is 173 g/mol. The van der Waals surface area contributed by atoms with Crippen LogP contribution in [-0.2, 0) is 9.53 Å². The SMILES string of the molecule is CC(C)(C)CC(=O)COCCN. The number of ketones is 1. The van der Waals surface area contributed by atoms with Crippen molar-refractivity contribution in [3.63, 3.8) is 0 Å². The zero-order chi connectivity index (χ0) is 9.61. The molecule has 0 aliphatic rings. The summed E-state index contributed by atoms with van der Waals surface area (Å²) in [6, 6.07) is 0. The molecule has 0 aliphatic carbocycles. The van der Waals surface area contributed by atoms with Crippen molar-refractivity contribution in [1.29, 1.82) is 0 Å². The Labute approximate surface area is 74.3 Å². The van der Waals surface area contributed by atoms with E-state index in [9.17, 15) is 4.79 Å². The fourth-order valence-corrected chi connectivity index (χ4v) is 0.912. The minimum atomic E-state index is 0.0587. The summed E-state index contributed by atoms with van der Waals surface area (Å²) in [5.41, 5.74) is 5.26. The highest BCUT2D eigenvalue weighted by Crippen LogP contribution is 2.18. The van der Waals surface area contributed by atoms with Crippen molar-refractivity contribution in [1.82, 2.24) is 0 Å². The molecular weight excluding hydrogens is 154 g/mol. The van der Waals surface area contributed by atoms with Crippen molar-refractivity contribution in [2.75, 3.05) is 19.8 Å². The average Bonchev–Trinajstić information content (AvgIpc) is 1.84. The van der Waals surface area contributed by atoms with Crippen LogP contribution in [0.25, 0.3) is 0 Å². The Kier molecular flexibility index (Phi) is 5.09. The van der Waals surface area contributed by atoms with Gasteiger partial charge in [0, 0.05) is 13.0 Å². The fourth-order valence-electron chi connectivity index (χ4n) is 0.912. The van der Waals surface area contributed by atoms with Gasteiger partial charge in [-0.25, -0.2) is 0 Å². The van der Waals surface area contributed by atoms with Crippen molar-refractivity contribution in [3.05, 3.63) is 0 Å². The van der Waals surface area contributed by atoms with Crippen molar-refractivity contribution >= 4 is 5.78 Å². The Morgan fingerprint density at radius 2 is 2.00 bits per heavy atom. The van der Waals surface area contributed by atoms with Crippen LogP contribution in [0.3, 0.4) is 0 Å². The van der Waals surface area contributed by atoms with Crippen molar-refractivity contribution in [2.45, 2.75) is 27.2 Å². The molecule has 0 atom stereocenters. The van der Waals surface area contributed by atoms with E-state index in [0.29, 0.717) is 19.6 Å². The van der Waals surface area contributed by atoms with Crippen LogP contribution < -0.4 is 5.73 Å². The molecule has 0 amide bonds. The summed E-state index contributed by atoms with van der Waals surface area (Å²) in [6.07, 6.45) is 0.567. The number of rotatable bonds is 5. The first-order valence-corrected chi connectivity index (χ1v) is 4.25. The van der Waals surface area contributed by atoms with Crippen molar-refractivity contribution in [3.8, 4) is 0 Å². The Morgan fingerprint density at radius 3 is 2.42 bits per heavy atom. The van der Waals surface area contributed by atoms with Gasteiger partial charge in [-0.2, -0.15) is 0 Å². The minimum absolute atomic E-state index is 0.0587. The minimum Gasteiger partial charge on any atom is -0.372 e. The maximum atomic E-state index is 11.2. The van der Waals surface area contributed by atoms with E-state index in [0.717, 1.165) is 0 Å². The quantitative estimate of drug-likeness (QED) is 0.630. The molecule has 2 N–H and O–H groups in total. The molecule has 0 radical (unpaired) electrons. The van der Waals surface area contributed by atoms with Gasteiger partial charge in [0.2, 0.25) is 0 Å². The summed E-state index contributed by atoms with van der Waals surface area (Å²) in [5, 5.41) is 0. The van der Waals surface area contributed by atoms with Crippen LogP contribution in [-0.4, -0.2) is 25.5 Å². The zero-order valence-electron chi connectivity index (χ0n) is 8.22. The molecule has 0 rings (SSSR count). The van der Waals surface area contributed by atoms with Crippen LogP contribution in [0.5, 0.6) is 0 Å². The van der Waals surface area contributed by atoms with Gasteiger partial charge in [-0.15, -0.1) is 0 Å². The molecule has 0 saturated carbocycles. The highest BCUT2D eigenvalue weighted by Gasteiger charge is 2.15. The third-order valence-corrected chi connectivity index (χ3v) is 1.25. The molecule has 3 nitrogen and oxygen atoms in total. The smallest absolute Gasteiger partial charge is 0.158 e. The lowest BCUT2D eigenvalue weighted by Crippen LogP contribution is -2.19. The second kappa shape index (κ2) is 5.27. The Balaban J connectivity index is 3.47. The summed E-state index contributed by atoms with van der Waals surface area (Å²) in [7, 11) is 0. The Hall–Kier alpha value is -0.410. The lowest BCUT2D eigenvalue weighted by molar-refractivity contribution is -0.125. The first kappa shape index (κ1) is 11.6. The molecular formula is C9H19NO2. The van der Waals surface area contributed by atoms with Gasteiger partial charge in [0.25, 0.3) is 0 Å². The van der Waals surface area contributed by atoms with Gasteiger partial charge in [-0.1, -0.05) is 20.8 Å². The van der Waals surface area contributed by atoms with Crippen LogP contribution >= 0.6 is 0 Å². The second-order valence-corrected chi connectivity index (χ2v) is 4.12. The molecule has 0 aromatic rings. The van der Waals surface area contributed by atoms with Gasteiger partial charge >= 0.3 is 0 Å². The number of Topliss-reactive ketones (excluding diaryl/α,β-unsaturated/α-hetero) is 1. The first-order valence-electron chi connectivity index (χ1n) is 4.25. The van der Waals surface area contributed by atoms with Gasteiger partial charge in [-0.05, 0) is 5.41 Å². The van der Waals surface area contributed by atoms with Gasteiger partial charge in [0.15, 0.2) is 5.78 Å². The third kappa shape index (κ3) is 7.69. The summed E-state index contributed by atoms with van der Waals surface area (Å²) in [4.78, 5) is 11.2. The van der Waals surface area contributed by atoms with Gasteiger partial charge in [-0.3, -0.25) is 4.79 Å². The third-order valence-electron chi connectivity index (χ3n) is 1.25. The molecule has 3 heteroatoms. The molecule has 0 aliphatic heterocycles.